The summed E-state index contributed by atoms with van der Waals surface area (Å²) in [6, 6.07) is 1.60. The van der Waals surface area contributed by atoms with Crippen LogP contribution in [0.2, 0.25) is 0 Å². The van der Waals surface area contributed by atoms with Gasteiger partial charge in [-0.3, -0.25) is 0 Å². The fourth-order valence-electron chi connectivity index (χ4n) is 2.24. The quantitative estimate of drug-likeness (QED) is 0.766. The first-order chi connectivity index (χ1) is 11.8. The zero-order valence-electron chi connectivity index (χ0n) is 13.7. The van der Waals surface area contributed by atoms with E-state index in [0.717, 1.165) is 12.1 Å². The molecule has 2 aromatic rings. The van der Waals surface area contributed by atoms with E-state index in [1.807, 2.05) is 6.92 Å². The monoisotopic (exact) mass is 372 g/mol. The van der Waals surface area contributed by atoms with Crippen molar-refractivity contribution in [3.8, 4) is 11.5 Å². The number of nitrogens with zero attached hydrogens (tertiary/aromatic N) is 2. The number of hydrogen-bond acceptors (Lipinski definition) is 6. The van der Waals surface area contributed by atoms with Gasteiger partial charge in [0.2, 0.25) is 10.0 Å². The zero-order chi connectivity index (χ0) is 18.2. The number of halogens is 2. The lowest BCUT2D eigenvalue weighted by atomic mass is 10.2. The third-order valence-electron chi connectivity index (χ3n) is 3.91. The van der Waals surface area contributed by atoms with E-state index in [4.69, 9.17) is 4.52 Å². The lowest BCUT2D eigenvalue weighted by molar-refractivity contribution is 0.412. The van der Waals surface area contributed by atoms with Gasteiger partial charge in [0.1, 0.15) is 16.3 Å². The molecule has 0 saturated heterocycles. The number of aromatic nitrogens is 2. The molecule has 0 bridgehead atoms. The minimum atomic E-state index is -4.08. The molecule has 3 rings (SSSR count). The molecule has 1 aromatic carbocycles. The zero-order valence-corrected chi connectivity index (χ0v) is 14.5. The fourth-order valence-corrected chi connectivity index (χ4v) is 3.62. The maximum atomic E-state index is 14.7. The first kappa shape index (κ1) is 17.9. The van der Waals surface area contributed by atoms with Crippen molar-refractivity contribution in [2.24, 2.45) is 0 Å². The second-order valence-corrected chi connectivity index (χ2v) is 7.72. The summed E-state index contributed by atoms with van der Waals surface area (Å²) >= 11 is 0. The Balaban J connectivity index is 1.97. The van der Waals surface area contributed by atoms with E-state index >= 15 is 0 Å². The van der Waals surface area contributed by atoms with Gasteiger partial charge in [-0.1, -0.05) is 5.16 Å². The van der Waals surface area contributed by atoms with Crippen LogP contribution in [-0.2, 0) is 16.4 Å². The predicted octanol–water partition coefficient (Wildman–Crippen LogP) is 1.61. The summed E-state index contributed by atoms with van der Waals surface area (Å²) in [4.78, 5) is 3.33. The Bertz CT molecular complexity index is 881. The topological polar surface area (TPSA) is 97.1 Å². The van der Waals surface area contributed by atoms with Gasteiger partial charge in [0.05, 0.1) is 0 Å². The molecular formula is C15H18F2N4O3S. The molecule has 1 fully saturated rings. The highest BCUT2D eigenvalue weighted by Gasteiger charge is 2.32. The molecule has 1 aliphatic carbocycles. The summed E-state index contributed by atoms with van der Waals surface area (Å²) in [6.07, 6.45) is 1.79. The van der Waals surface area contributed by atoms with Crippen LogP contribution >= 0.6 is 0 Å². The van der Waals surface area contributed by atoms with Crippen LogP contribution in [0.15, 0.2) is 21.6 Å². The van der Waals surface area contributed by atoms with Gasteiger partial charge in [0, 0.05) is 18.5 Å². The Kier molecular flexibility index (Phi) is 4.85. The van der Waals surface area contributed by atoms with E-state index in [1.165, 1.54) is 0 Å². The van der Waals surface area contributed by atoms with Crippen molar-refractivity contribution < 1.29 is 21.7 Å². The van der Waals surface area contributed by atoms with Crippen LogP contribution in [0.3, 0.4) is 0 Å². The Morgan fingerprint density at radius 3 is 2.72 bits per heavy atom. The van der Waals surface area contributed by atoms with Crippen LogP contribution in [0.1, 0.15) is 25.6 Å². The largest absolute Gasteiger partial charge is 0.334 e. The molecule has 0 radical (unpaired) electrons. The average Bonchev–Trinajstić information content (AvgIpc) is 3.23. The minimum absolute atomic E-state index is 0.0367. The summed E-state index contributed by atoms with van der Waals surface area (Å²) < 4.78 is 60.6. The molecule has 1 atom stereocenters. The fraction of sp³-hybridized carbons (Fsp3) is 0.467. The molecule has 10 heteroatoms. The summed E-state index contributed by atoms with van der Waals surface area (Å²) in [5.41, 5.74) is -0.644. The minimum Gasteiger partial charge on any atom is -0.334 e. The van der Waals surface area contributed by atoms with E-state index < -0.39 is 38.0 Å². The van der Waals surface area contributed by atoms with Crippen molar-refractivity contribution in [2.45, 2.75) is 43.2 Å². The Morgan fingerprint density at radius 1 is 1.36 bits per heavy atom. The summed E-state index contributed by atoms with van der Waals surface area (Å²) in [7, 11) is -2.33. The van der Waals surface area contributed by atoms with Gasteiger partial charge in [-0.2, -0.15) is 4.98 Å². The van der Waals surface area contributed by atoms with Crippen molar-refractivity contribution in [1.82, 2.24) is 20.2 Å². The van der Waals surface area contributed by atoms with Crippen LogP contribution in [0.25, 0.3) is 11.5 Å². The lowest BCUT2D eigenvalue weighted by Gasteiger charge is -2.09. The number of sulfonamides is 1. The summed E-state index contributed by atoms with van der Waals surface area (Å²) in [5.74, 6) is -2.35. The van der Waals surface area contributed by atoms with Crippen molar-refractivity contribution in [2.75, 3.05) is 7.05 Å². The highest BCUT2D eigenvalue weighted by atomic mass is 32.2. The lowest BCUT2D eigenvalue weighted by Crippen LogP contribution is -2.26. The molecule has 0 spiro atoms. The molecule has 1 unspecified atom stereocenters. The Morgan fingerprint density at radius 2 is 2.08 bits per heavy atom. The predicted molar refractivity (Wildman–Crippen MR) is 85.2 cm³/mol. The van der Waals surface area contributed by atoms with Gasteiger partial charge in [0.15, 0.2) is 11.6 Å². The number of likely N-dealkylation sites (N-methyl/N-ethyl adjacent to an activating group) is 1. The SMILES string of the molecule is CNC(C)Cc1noc(-c2c(F)ccc(S(=O)(=O)NC3CC3)c2F)n1. The van der Waals surface area contributed by atoms with Gasteiger partial charge in [-0.15, -0.1) is 0 Å². The normalized spacial score (nSPS) is 16.2. The number of benzene rings is 1. The molecule has 0 aliphatic heterocycles. The van der Waals surface area contributed by atoms with E-state index in [0.29, 0.717) is 19.3 Å². The van der Waals surface area contributed by atoms with Gasteiger partial charge in [-0.05, 0) is 38.9 Å². The molecule has 0 amide bonds. The van der Waals surface area contributed by atoms with Gasteiger partial charge < -0.3 is 9.84 Å². The van der Waals surface area contributed by atoms with Crippen LogP contribution in [-0.4, -0.2) is 37.7 Å². The average molecular weight is 372 g/mol. The van der Waals surface area contributed by atoms with Crippen molar-refractivity contribution in [3.05, 3.63) is 29.6 Å². The number of hydrogen-bond donors (Lipinski definition) is 2. The third kappa shape index (κ3) is 3.86. The number of nitrogens with one attached hydrogen (secondary N) is 2. The molecule has 136 valence electrons. The van der Waals surface area contributed by atoms with Gasteiger partial charge >= 0.3 is 0 Å². The maximum absolute atomic E-state index is 14.7. The van der Waals surface area contributed by atoms with Crippen LogP contribution < -0.4 is 10.0 Å². The van der Waals surface area contributed by atoms with E-state index in [9.17, 15) is 17.2 Å². The molecule has 1 aromatic heterocycles. The molecular weight excluding hydrogens is 354 g/mol. The third-order valence-corrected chi connectivity index (χ3v) is 5.45. The molecule has 7 nitrogen and oxygen atoms in total. The van der Waals surface area contributed by atoms with E-state index in [-0.39, 0.29) is 17.9 Å². The van der Waals surface area contributed by atoms with Crippen molar-refractivity contribution in [3.63, 3.8) is 0 Å². The molecule has 1 heterocycles. The van der Waals surface area contributed by atoms with E-state index in [2.05, 4.69) is 20.2 Å². The molecule has 2 N–H and O–H groups in total. The van der Waals surface area contributed by atoms with Crippen molar-refractivity contribution in [1.29, 1.82) is 0 Å². The second kappa shape index (κ2) is 6.77. The smallest absolute Gasteiger partial charge is 0.263 e. The Hall–Kier alpha value is -1.91. The highest BCUT2D eigenvalue weighted by Crippen LogP contribution is 2.30. The first-order valence-corrected chi connectivity index (χ1v) is 9.30. The maximum Gasteiger partial charge on any atom is 0.263 e. The van der Waals surface area contributed by atoms with Gasteiger partial charge in [0.25, 0.3) is 5.89 Å². The van der Waals surface area contributed by atoms with Crippen LogP contribution in [0.4, 0.5) is 8.78 Å². The molecule has 1 aliphatic rings. The molecule has 1 saturated carbocycles. The standard InChI is InChI=1S/C15H18F2N4O3S/c1-8(18-2)7-12-19-15(24-20-12)13-10(16)5-6-11(14(13)17)25(22,23)21-9-3-4-9/h5-6,8-9,18,21H,3-4,7H2,1-2H3. The van der Waals surface area contributed by atoms with Gasteiger partial charge in [-0.25, -0.2) is 21.9 Å². The van der Waals surface area contributed by atoms with Crippen LogP contribution in [0, 0.1) is 11.6 Å². The highest BCUT2D eigenvalue weighted by molar-refractivity contribution is 7.89. The van der Waals surface area contributed by atoms with E-state index in [1.54, 1.807) is 7.05 Å². The number of rotatable bonds is 7. The Labute approximate surface area is 143 Å². The summed E-state index contributed by atoms with van der Waals surface area (Å²) in [6.45, 7) is 1.88. The molecule has 25 heavy (non-hydrogen) atoms. The summed E-state index contributed by atoms with van der Waals surface area (Å²) in [5, 5.41) is 6.67. The first-order valence-electron chi connectivity index (χ1n) is 7.82. The van der Waals surface area contributed by atoms with Crippen molar-refractivity contribution >= 4 is 10.0 Å². The van der Waals surface area contributed by atoms with Crippen LogP contribution in [0.5, 0.6) is 0 Å². The second-order valence-electron chi connectivity index (χ2n) is 6.04.